The van der Waals surface area contributed by atoms with Crippen LogP contribution < -0.4 is 5.73 Å². The standard InChI is InChI=1S/C13H15N3O4/c14-12-10(2-1-3-11(12)16(18)19)13(17)15-6-8-4-5-9(7-15)20-8/h1-3,8-9H,4-7,14H2. The van der Waals surface area contributed by atoms with Gasteiger partial charge in [-0.3, -0.25) is 14.9 Å². The summed E-state index contributed by atoms with van der Waals surface area (Å²) in [5.41, 5.74) is 5.65. The topological polar surface area (TPSA) is 98.7 Å². The van der Waals surface area contributed by atoms with Crippen LogP contribution in [0.4, 0.5) is 11.4 Å². The number of fused-ring (bicyclic) bond motifs is 2. The van der Waals surface area contributed by atoms with Crippen LogP contribution in [-0.4, -0.2) is 41.0 Å². The lowest BCUT2D eigenvalue weighted by molar-refractivity contribution is -0.383. The van der Waals surface area contributed by atoms with Crippen LogP contribution in [0.5, 0.6) is 0 Å². The molecule has 7 nitrogen and oxygen atoms in total. The number of rotatable bonds is 2. The number of carbonyl (C=O) groups excluding carboxylic acids is 1. The van der Waals surface area contributed by atoms with Crippen molar-refractivity contribution in [2.24, 2.45) is 0 Å². The average molecular weight is 277 g/mol. The first kappa shape index (κ1) is 12.9. The van der Waals surface area contributed by atoms with Gasteiger partial charge in [-0.15, -0.1) is 0 Å². The molecule has 20 heavy (non-hydrogen) atoms. The number of nitrogens with zero attached hydrogens (tertiary/aromatic N) is 2. The molecule has 3 rings (SSSR count). The molecule has 2 aliphatic rings. The Balaban J connectivity index is 1.87. The summed E-state index contributed by atoms with van der Waals surface area (Å²) >= 11 is 0. The van der Waals surface area contributed by atoms with E-state index >= 15 is 0 Å². The van der Waals surface area contributed by atoms with Crippen molar-refractivity contribution >= 4 is 17.3 Å². The van der Waals surface area contributed by atoms with Gasteiger partial charge in [-0.2, -0.15) is 0 Å². The van der Waals surface area contributed by atoms with Gasteiger partial charge in [-0.05, 0) is 18.9 Å². The Morgan fingerprint density at radius 3 is 2.60 bits per heavy atom. The van der Waals surface area contributed by atoms with Crippen molar-refractivity contribution in [1.82, 2.24) is 4.90 Å². The van der Waals surface area contributed by atoms with Crippen molar-refractivity contribution in [2.45, 2.75) is 25.0 Å². The maximum Gasteiger partial charge on any atom is 0.292 e. The fourth-order valence-corrected chi connectivity index (χ4v) is 2.85. The van der Waals surface area contributed by atoms with Crippen molar-refractivity contribution in [2.75, 3.05) is 18.8 Å². The summed E-state index contributed by atoms with van der Waals surface area (Å²) < 4.78 is 5.67. The van der Waals surface area contributed by atoms with Gasteiger partial charge in [0.25, 0.3) is 11.6 Å². The number of likely N-dealkylation sites (tertiary alicyclic amines) is 1. The molecule has 2 bridgehead atoms. The van der Waals surface area contributed by atoms with Crippen molar-refractivity contribution in [3.05, 3.63) is 33.9 Å². The average Bonchev–Trinajstić information content (AvgIpc) is 2.76. The quantitative estimate of drug-likeness (QED) is 0.497. The van der Waals surface area contributed by atoms with Gasteiger partial charge in [0.1, 0.15) is 5.69 Å². The number of nitrogen functional groups attached to an aromatic ring is 1. The van der Waals surface area contributed by atoms with Crippen LogP contribution in [0.25, 0.3) is 0 Å². The highest BCUT2D eigenvalue weighted by molar-refractivity contribution is 6.01. The van der Waals surface area contributed by atoms with Crippen molar-refractivity contribution < 1.29 is 14.5 Å². The molecule has 0 spiro atoms. The smallest absolute Gasteiger partial charge is 0.292 e. The summed E-state index contributed by atoms with van der Waals surface area (Å²) in [4.78, 5) is 24.5. The minimum atomic E-state index is -0.574. The summed E-state index contributed by atoms with van der Waals surface area (Å²) in [6.07, 6.45) is 2.08. The Morgan fingerprint density at radius 1 is 1.35 bits per heavy atom. The first-order chi connectivity index (χ1) is 9.56. The number of amides is 1. The predicted octanol–water partition coefficient (Wildman–Crippen LogP) is 1.18. The Morgan fingerprint density at radius 2 is 2.00 bits per heavy atom. The van der Waals surface area contributed by atoms with Crippen molar-refractivity contribution in [3.8, 4) is 0 Å². The second-order valence-electron chi connectivity index (χ2n) is 5.16. The van der Waals surface area contributed by atoms with Crippen LogP contribution in [0.15, 0.2) is 18.2 Å². The van der Waals surface area contributed by atoms with E-state index in [0.29, 0.717) is 13.1 Å². The summed E-state index contributed by atoms with van der Waals surface area (Å²) in [6, 6.07) is 4.31. The van der Waals surface area contributed by atoms with Gasteiger partial charge in [-0.25, -0.2) is 0 Å². The molecule has 2 fully saturated rings. The number of morpholine rings is 1. The number of anilines is 1. The normalized spacial score (nSPS) is 24.7. The minimum Gasteiger partial charge on any atom is -0.393 e. The zero-order valence-electron chi connectivity index (χ0n) is 10.8. The van der Waals surface area contributed by atoms with E-state index in [0.717, 1.165) is 12.8 Å². The molecular weight excluding hydrogens is 262 g/mol. The van der Waals surface area contributed by atoms with Gasteiger partial charge in [0.05, 0.1) is 22.7 Å². The molecule has 2 heterocycles. The lowest BCUT2D eigenvalue weighted by Crippen LogP contribution is -2.46. The molecule has 1 aromatic rings. The largest absolute Gasteiger partial charge is 0.393 e. The van der Waals surface area contributed by atoms with Gasteiger partial charge >= 0.3 is 0 Å². The molecular formula is C13H15N3O4. The summed E-state index contributed by atoms with van der Waals surface area (Å²) in [7, 11) is 0. The Kier molecular flexibility index (Phi) is 3.06. The van der Waals surface area contributed by atoms with E-state index in [2.05, 4.69) is 0 Å². The van der Waals surface area contributed by atoms with Crippen molar-refractivity contribution in [3.63, 3.8) is 0 Å². The predicted molar refractivity (Wildman–Crippen MR) is 71.3 cm³/mol. The molecule has 2 unspecified atom stereocenters. The number of hydrogen-bond acceptors (Lipinski definition) is 5. The van der Waals surface area contributed by atoms with Crippen LogP contribution in [0.2, 0.25) is 0 Å². The Bertz CT molecular complexity index is 563. The van der Waals surface area contributed by atoms with Crippen LogP contribution in [-0.2, 0) is 4.74 Å². The van der Waals surface area contributed by atoms with Gasteiger partial charge in [-0.1, -0.05) is 6.07 Å². The van der Waals surface area contributed by atoms with E-state index in [4.69, 9.17) is 10.5 Å². The highest BCUT2D eigenvalue weighted by Crippen LogP contribution is 2.30. The molecule has 2 N–H and O–H groups in total. The maximum atomic E-state index is 12.5. The van der Waals surface area contributed by atoms with E-state index in [-0.39, 0.29) is 35.1 Å². The number of hydrogen-bond donors (Lipinski definition) is 1. The second-order valence-corrected chi connectivity index (χ2v) is 5.16. The molecule has 2 aliphatic heterocycles. The first-order valence-corrected chi connectivity index (χ1v) is 6.54. The van der Waals surface area contributed by atoms with Gasteiger partial charge in [0.15, 0.2) is 0 Å². The van der Waals surface area contributed by atoms with E-state index in [9.17, 15) is 14.9 Å². The number of nitro benzene ring substituents is 1. The molecule has 1 aromatic carbocycles. The fourth-order valence-electron chi connectivity index (χ4n) is 2.85. The van der Waals surface area contributed by atoms with Crippen LogP contribution in [0.3, 0.4) is 0 Å². The Labute approximate surface area is 115 Å². The van der Waals surface area contributed by atoms with E-state index in [1.165, 1.54) is 18.2 Å². The lowest BCUT2D eigenvalue weighted by atomic mass is 10.1. The number of carbonyl (C=O) groups is 1. The fraction of sp³-hybridized carbons (Fsp3) is 0.462. The number of benzene rings is 1. The van der Waals surface area contributed by atoms with Gasteiger partial charge in [0, 0.05) is 19.2 Å². The molecule has 2 atom stereocenters. The molecule has 2 saturated heterocycles. The number of para-hydroxylation sites is 1. The van der Waals surface area contributed by atoms with E-state index in [1.807, 2.05) is 0 Å². The molecule has 7 heteroatoms. The monoisotopic (exact) mass is 277 g/mol. The van der Waals surface area contributed by atoms with Crippen LogP contribution >= 0.6 is 0 Å². The SMILES string of the molecule is Nc1c(C(=O)N2CC3CCC(C2)O3)cccc1[N+](=O)[O-]. The molecule has 0 saturated carbocycles. The molecule has 0 radical (unpaired) electrons. The third-order valence-corrected chi connectivity index (χ3v) is 3.84. The number of nitrogens with two attached hydrogens (primary N) is 1. The van der Waals surface area contributed by atoms with Gasteiger partial charge < -0.3 is 15.4 Å². The molecule has 0 aromatic heterocycles. The van der Waals surface area contributed by atoms with E-state index in [1.54, 1.807) is 4.90 Å². The third kappa shape index (κ3) is 2.09. The first-order valence-electron chi connectivity index (χ1n) is 6.54. The van der Waals surface area contributed by atoms with Crippen molar-refractivity contribution in [1.29, 1.82) is 0 Å². The number of ether oxygens (including phenoxy) is 1. The second kappa shape index (κ2) is 4.75. The summed E-state index contributed by atoms with van der Waals surface area (Å²) in [6.45, 7) is 1.05. The Hall–Kier alpha value is -2.15. The zero-order chi connectivity index (χ0) is 14.3. The summed E-state index contributed by atoms with van der Waals surface area (Å²) in [5, 5.41) is 10.9. The molecule has 0 aliphatic carbocycles. The number of nitro groups is 1. The van der Waals surface area contributed by atoms with Crippen LogP contribution in [0.1, 0.15) is 23.2 Å². The highest BCUT2D eigenvalue weighted by Gasteiger charge is 2.36. The zero-order valence-corrected chi connectivity index (χ0v) is 10.8. The van der Waals surface area contributed by atoms with E-state index < -0.39 is 4.92 Å². The molecule has 106 valence electrons. The summed E-state index contributed by atoms with van der Waals surface area (Å²) in [5.74, 6) is -0.258. The van der Waals surface area contributed by atoms with Crippen LogP contribution in [0, 0.1) is 10.1 Å². The maximum absolute atomic E-state index is 12.5. The highest BCUT2D eigenvalue weighted by atomic mass is 16.6. The molecule has 1 amide bonds. The van der Waals surface area contributed by atoms with Gasteiger partial charge in [0.2, 0.25) is 0 Å². The third-order valence-electron chi connectivity index (χ3n) is 3.84. The minimum absolute atomic E-state index is 0.0682. The lowest BCUT2D eigenvalue weighted by Gasteiger charge is -2.32.